The fraction of sp³-hybridized carbons (Fsp3) is 0.292. The number of morpholine rings is 1. The topological polar surface area (TPSA) is 103 Å². The molecule has 1 aromatic carbocycles. The average Bonchev–Trinajstić information content (AvgIpc) is 3.51. The number of halogens is 1. The van der Waals surface area contributed by atoms with E-state index in [0.717, 1.165) is 59.1 Å². The minimum absolute atomic E-state index is 0.125. The van der Waals surface area contributed by atoms with Crippen LogP contribution in [0, 0.1) is 0 Å². The third-order valence-electron chi connectivity index (χ3n) is 5.46. The van der Waals surface area contributed by atoms with Gasteiger partial charge in [-0.05, 0) is 36.8 Å². The maximum Gasteiger partial charge on any atom is 0.281 e. The molecular weight excluding hydrogens is 552 g/mol. The van der Waals surface area contributed by atoms with Gasteiger partial charge in [0.05, 0.1) is 39.1 Å². The highest BCUT2D eigenvalue weighted by molar-refractivity contribution is 9.10. The minimum atomic E-state index is -0.412. The van der Waals surface area contributed by atoms with Crippen LogP contribution in [0.15, 0.2) is 51.4 Å². The number of nitrogens with zero attached hydrogens (tertiary/aromatic N) is 2. The van der Waals surface area contributed by atoms with E-state index < -0.39 is 5.91 Å². The predicted octanol–water partition coefficient (Wildman–Crippen LogP) is 4.16. The van der Waals surface area contributed by atoms with E-state index in [9.17, 15) is 14.7 Å². The molecule has 0 unspecified atom stereocenters. The van der Waals surface area contributed by atoms with Crippen molar-refractivity contribution in [1.82, 2.24) is 15.6 Å². The van der Waals surface area contributed by atoms with E-state index in [2.05, 4.69) is 36.7 Å². The highest BCUT2D eigenvalue weighted by Crippen LogP contribution is 2.39. The lowest BCUT2D eigenvalue weighted by Crippen LogP contribution is -2.41. The van der Waals surface area contributed by atoms with Gasteiger partial charge in [-0.2, -0.15) is 5.10 Å². The molecule has 3 heterocycles. The quantitative estimate of drug-likeness (QED) is 0.276. The van der Waals surface area contributed by atoms with Gasteiger partial charge in [0.25, 0.3) is 11.8 Å². The predicted molar refractivity (Wildman–Crippen MR) is 143 cm³/mol. The van der Waals surface area contributed by atoms with Crippen molar-refractivity contribution in [1.29, 1.82) is 0 Å². The van der Waals surface area contributed by atoms with Crippen LogP contribution in [0.1, 0.15) is 31.8 Å². The number of benzene rings is 1. The number of aromatic hydroxyl groups is 1. The Morgan fingerprint density at radius 1 is 1.11 bits per heavy atom. The molecular formula is C24H25BrN4O4S2. The van der Waals surface area contributed by atoms with Crippen LogP contribution >= 0.6 is 38.6 Å². The van der Waals surface area contributed by atoms with Crippen molar-refractivity contribution >= 4 is 56.1 Å². The second-order valence-corrected chi connectivity index (χ2v) is 10.7. The molecule has 2 aromatic heterocycles. The fourth-order valence-corrected chi connectivity index (χ4v) is 5.57. The highest BCUT2D eigenvalue weighted by atomic mass is 79.9. The summed E-state index contributed by atoms with van der Waals surface area (Å²) in [5, 5.41) is 19.5. The zero-order chi connectivity index (χ0) is 24.8. The van der Waals surface area contributed by atoms with E-state index in [1.165, 1.54) is 11.3 Å². The van der Waals surface area contributed by atoms with E-state index in [1.807, 2.05) is 29.6 Å². The number of carbonyl (C=O) groups excluding carboxylic acids is 2. The van der Waals surface area contributed by atoms with Gasteiger partial charge in [-0.1, -0.05) is 28.1 Å². The zero-order valence-electron chi connectivity index (χ0n) is 19.0. The molecule has 8 nitrogen and oxygen atoms in total. The standard InChI is InChI=1S/C24H25BrN4O4S2/c1-15(18-14-34-22(21(18)30)16-2-4-17(25)5-3-16)27-28-24(32)20-7-6-19(35-20)23(31)26-8-9-29-10-12-33-13-11-29/h2-7,14,30H,8-13H2,1H3,(H,26,31)(H,28,32). The van der Waals surface area contributed by atoms with Crippen LogP contribution in [-0.2, 0) is 4.74 Å². The van der Waals surface area contributed by atoms with Crippen molar-refractivity contribution in [2.45, 2.75) is 6.92 Å². The van der Waals surface area contributed by atoms with Gasteiger partial charge in [-0.3, -0.25) is 14.5 Å². The fourth-order valence-electron chi connectivity index (χ4n) is 3.49. The molecule has 0 saturated carbocycles. The molecule has 4 rings (SSSR count). The molecule has 0 aliphatic carbocycles. The molecule has 3 N–H and O–H groups in total. The first kappa shape index (κ1) is 25.5. The molecule has 35 heavy (non-hydrogen) atoms. The van der Waals surface area contributed by atoms with Gasteiger partial charge in [-0.15, -0.1) is 22.7 Å². The maximum atomic E-state index is 12.6. The van der Waals surface area contributed by atoms with Gasteiger partial charge in [0.2, 0.25) is 0 Å². The molecule has 184 valence electrons. The summed E-state index contributed by atoms with van der Waals surface area (Å²) in [5.41, 5.74) is 4.45. The Bertz CT molecular complexity index is 1220. The summed E-state index contributed by atoms with van der Waals surface area (Å²) >= 11 is 5.92. The number of amides is 2. The van der Waals surface area contributed by atoms with Gasteiger partial charge < -0.3 is 15.2 Å². The first-order valence-corrected chi connectivity index (χ1v) is 13.5. The summed E-state index contributed by atoms with van der Waals surface area (Å²) in [6.45, 7) is 6.20. The molecule has 0 spiro atoms. The molecule has 1 saturated heterocycles. The van der Waals surface area contributed by atoms with Crippen LogP contribution < -0.4 is 10.7 Å². The van der Waals surface area contributed by atoms with E-state index in [0.29, 0.717) is 27.6 Å². The first-order chi connectivity index (χ1) is 16.9. The molecule has 0 radical (unpaired) electrons. The zero-order valence-corrected chi connectivity index (χ0v) is 22.3. The van der Waals surface area contributed by atoms with Gasteiger partial charge in [-0.25, -0.2) is 5.43 Å². The Morgan fingerprint density at radius 2 is 1.80 bits per heavy atom. The van der Waals surface area contributed by atoms with Crippen molar-refractivity contribution in [3.8, 4) is 16.2 Å². The monoisotopic (exact) mass is 576 g/mol. The smallest absolute Gasteiger partial charge is 0.281 e. The largest absolute Gasteiger partial charge is 0.506 e. The Kier molecular flexibility index (Phi) is 8.69. The highest BCUT2D eigenvalue weighted by Gasteiger charge is 2.17. The summed E-state index contributed by atoms with van der Waals surface area (Å²) in [5.74, 6) is -0.491. The van der Waals surface area contributed by atoms with E-state index in [-0.39, 0.29) is 11.7 Å². The van der Waals surface area contributed by atoms with Crippen LogP contribution in [0.3, 0.4) is 0 Å². The summed E-state index contributed by atoms with van der Waals surface area (Å²) in [6, 6.07) is 10.9. The van der Waals surface area contributed by atoms with Gasteiger partial charge in [0.15, 0.2) is 0 Å². The summed E-state index contributed by atoms with van der Waals surface area (Å²) in [7, 11) is 0. The normalized spacial score (nSPS) is 14.6. The number of nitrogens with one attached hydrogen (secondary N) is 2. The second-order valence-electron chi connectivity index (χ2n) is 7.85. The molecule has 1 aliphatic heterocycles. The Labute approximate surface area is 219 Å². The van der Waals surface area contributed by atoms with Crippen LogP contribution in [0.4, 0.5) is 0 Å². The minimum Gasteiger partial charge on any atom is -0.506 e. The first-order valence-electron chi connectivity index (χ1n) is 11.0. The van der Waals surface area contributed by atoms with Crippen molar-refractivity contribution in [3.05, 3.63) is 61.6 Å². The number of ether oxygens (including phenoxy) is 1. The van der Waals surface area contributed by atoms with Gasteiger partial charge >= 0.3 is 0 Å². The van der Waals surface area contributed by atoms with Crippen LogP contribution in [0.5, 0.6) is 5.75 Å². The number of hydrogen-bond donors (Lipinski definition) is 3. The lowest BCUT2D eigenvalue weighted by Gasteiger charge is -2.26. The number of hydrogen-bond acceptors (Lipinski definition) is 8. The van der Waals surface area contributed by atoms with Crippen LogP contribution in [-0.4, -0.2) is 66.9 Å². The molecule has 2 amide bonds. The summed E-state index contributed by atoms with van der Waals surface area (Å²) < 4.78 is 6.28. The van der Waals surface area contributed by atoms with Crippen LogP contribution in [0.2, 0.25) is 0 Å². The van der Waals surface area contributed by atoms with Gasteiger partial charge in [0, 0.05) is 36.0 Å². The maximum absolute atomic E-state index is 12.6. The molecule has 1 aliphatic rings. The number of rotatable bonds is 8. The SMILES string of the molecule is CC(=NNC(=O)c1ccc(C(=O)NCCN2CCOCC2)s1)c1csc(-c2ccc(Br)cc2)c1O. The van der Waals surface area contributed by atoms with Crippen molar-refractivity contribution in [3.63, 3.8) is 0 Å². The average molecular weight is 578 g/mol. The lowest BCUT2D eigenvalue weighted by molar-refractivity contribution is 0.0383. The molecule has 3 aromatic rings. The number of hydrazone groups is 1. The molecule has 11 heteroatoms. The summed E-state index contributed by atoms with van der Waals surface area (Å²) in [6.07, 6.45) is 0. The molecule has 0 bridgehead atoms. The summed E-state index contributed by atoms with van der Waals surface area (Å²) in [4.78, 5) is 28.8. The van der Waals surface area contributed by atoms with E-state index in [1.54, 1.807) is 19.1 Å². The lowest BCUT2D eigenvalue weighted by atomic mass is 10.1. The second kappa shape index (κ2) is 11.9. The Morgan fingerprint density at radius 3 is 2.51 bits per heavy atom. The van der Waals surface area contributed by atoms with E-state index >= 15 is 0 Å². The molecule has 0 atom stereocenters. The van der Waals surface area contributed by atoms with E-state index in [4.69, 9.17) is 4.74 Å². The number of thiophene rings is 2. The van der Waals surface area contributed by atoms with Crippen molar-refractivity contribution in [2.75, 3.05) is 39.4 Å². The Hall–Kier alpha value is -2.57. The van der Waals surface area contributed by atoms with Crippen LogP contribution in [0.25, 0.3) is 10.4 Å². The van der Waals surface area contributed by atoms with Crippen molar-refractivity contribution < 1.29 is 19.4 Å². The third-order valence-corrected chi connectivity index (χ3v) is 8.09. The van der Waals surface area contributed by atoms with Gasteiger partial charge in [0.1, 0.15) is 5.75 Å². The molecule has 1 fully saturated rings. The Balaban J connectivity index is 1.32. The number of carbonyl (C=O) groups is 2. The third kappa shape index (κ3) is 6.56. The van der Waals surface area contributed by atoms with Crippen molar-refractivity contribution in [2.24, 2.45) is 5.10 Å².